The van der Waals surface area contributed by atoms with Crippen LogP contribution in [0.25, 0.3) is 0 Å². The molecule has 0 bridgehead atoms. The Morgan fingerprint density at radius 2 is 1.95 bits per heavy atom. The molecule has 1 fully saturated rings. The van der Waals surface area contributed by atoms with Crippen LogP contribution in [0.3, 0.4) is 0 Å². The van der Waals surface area contributed by atoms with Crippen molar-refractivity contribution < 1.29 is 14.3 Å². The lowest BCUT2D eigenvalue weighted by molar-refractivity contribution is -0.146. The molecule has 6 nitrogen and oxygen atoms in total. The number of methoxy groups -OCH3 is 2. The van der Waals surface area contributed by atoms with E-state index in [0.29, 0.717) is 0 Å². The molecule has 0 spiro atoms. The third-order valence-electron chi connectivity index (χ3n) is 3.93. The Morgan fingerprint density at radius 1 is 1.23 bits per heavy atom. The summed E-state index contributed by atoms with van der Waals surface area (Å²) < 4.78 is 9.88. The summed E-state index contributed by atoms with van der Waals surface area (Å²) in [5, 5.41) is 3.35. The molecule has 128 valence electrons. The number of ether oxygens (including phenoxy) is 2. The van der Waals surface area contributed by atoms with Crippen molar-refractivity contribution in [2.24, 2.45) is 10.9 Å². The normalized spacial score (nSPS) is 16.7. The average molecular weight is 313 g/mol. The lowest BCUT2D eigenvalue weighted by atomic mass is 9.97. The minimum Gasteiger partial charge on any atom is -0.469 e. The van der Waals surface area contributed by atoms with Crippen molar-refractivity contribution in [3.05, 3.63) is 0 Å². The fourth-order valence-electron chi connectivity index (χ4n) is 2.64. The van der Waals surface area contributed by atoms with E-state index in [1.807, 2.05) is 0 Å². The molecule has 0 aromatic carbocycles. The summed E-state index contributed by atoms with van der Waals surface area (Å²) in [7, 11) is 3.20. The van der Waals surface area contributed by atoms with Crippen molar-refractivity contribution >= 4 is 11.9 Å². The maximum atomic E-state index is 11.6. The smallest absolute Gasteiger partial charge is 0.308 e. The Balaban J connectivity index is 2.38. The van der Waals surface area contributed by atoms with Gasteiger partial charge in [0.15, 0.2) is 5.96 Å². The molecule has 0 saturated carbocycles. The van der Waals surface area contributed by atoms with Crippen molar-refractivity contribution in [2.45, 2.75) is 39.0 Å². The van der Waals surface area contributed by atoms with E-state index in [2.05, 4.69) is 17.1 Å². The standard InChI is InChI=1S/C16H31N3O3/c1-4-17-16(18-10-6-5-7-13-21-2)19-11-8-14(9-12-19)15(20)22-3/h14H,4-13H2,1-3H3,(H,17,18). The zero-order valence-corrected chi connectivity index (χ0v) is 14.3. The molecule has 0 radical (unpaired) electrons. The second-order valence-electron chi connectivity index (χ2n) is 5.57. The number of aliphatic imine (C=N–C) groups is 1. The van der Waals surface area contributed by atoms with Gasteiger partial charge in [0.2, 0.25) is 0 Å². The predicted octanol–water partition coefficient (Wildman–Crippen LogP) is 1.65. The third-order valence-corrected chi connectivity index (χ3v) is 3.93. The molecule has 0 aliphatic carbocycles. The van der Waals surface area contributed by atoms with Crippen molar-refractivity contribution in [1.82, 2.24) is 10.2 Å². The van der Waals surface area contributed by atoms with Gasteiger partial charge in [-0.1, -0.05) is 0 Å². The third kappa shape index (κ3) is 6.64. The van der Waals surface area contributed by atoms with Crippen LogP contribution in [0.1, 0.15) is 39.0 Å². The number of nitrogens with one attached hydrogen (secondary N) is 1. The van der Waals surface area contributed by atoms with Gasteiger partial charge in [-0.3, -0.25) is 9.79 Å². The molecular weight excluding hydrogens is 282 g/mol. The summed E-state index contributed by atoms with van der Waals surface area (Å²) in [5.41, 5.74) is 0. The first-order valence-electron chi connectivity index (χ1n) is 8.33. The quantitative estimate of drug-likeness (QED) is 0.319. The second-order valence-corrected chi connectivity index (χ2v) is 5.57. The Bertz CT molecular complexity index is 340. The fraction of sp³-hybridized carbons (Fsp3) is 0.875. The molecule has 1 heterocycles. The molecule has 0 unspecified atom stereocenters. The van der Waals surface area contributed by atoms with Crippen LogP contribution in [-0.2, 0) is 14.3 Å². The van der Waals surface area contributed by atoms with Gasteiger partial charge in [0.25, 0.3) is 0 Å². The fourth-order valence-corrected chi connectivity index (χ4v) is 2.64. The van der Waals surface area contributed by atoms with Gasteiger partial charge in [-0.15, -0.1) is 0 Å². The molecule has 0 aromatic heterocycles. The molecule has 0 atom stereocenters. The number of piperidine rings is 1. The van der Waals surface area contributed by atoms with Gasteiger partial charge in [0, 0.05) is 39.9 Å². The van der Waals surface area contributed by atoms with Crippen LogP contribution in [0, 0.1) is 5.92 Å². The maximum Gasteiger partial charge on any atom is 0.308 e. The largest absolute Gasteiger partial charge is 0.469 e. The zero-order chi connectivity index (χ0) is 16.2. The highest BCUT2D eigenvalue weighted by atomic mass is 16.5. The number of hydrogen-bond acceptors (Lipinski definition) is 4. The SMILES string of the molecule is CCNC(=NCCCCCOC)N1CCC(C(=O)OC)CC1. The summed E-state index contributed by atoms with van der Waals surface area (Å²) in [6, 6.07) is 0. The number of carbonyl (C=O) groups excluding carboxylic acids is 1. The molecular formula is C16H31N3O3. The highest BCUT2D eigenvalue weighted by molar-refractivity contribution is 5.80. The highest BCUT2D eigenvalue weighted by Crippen LogP contribution is 2.18. The van der Waals surface area contributed by atoms with E-state index in [0.717, 1.165) is 70.8 Å². The number of guanidine groups is 1. The van der Waals surface area contributed by atoms with Gasteiger partial charge in [0.05, 0.1) is 13.0 Å². The van der Waals surface area contributed by atoms with Crippen molar-refractivity contribution in [3.63, 3.8) is 0 Å². The van der Waals surface area contributed by atoms with Crippen LogP contribution >= 0.6 is 0 Å². The second kappa shape index (κ2) is 11.3. The van der Waals surface area contributed by atoms with Gasteiger partial charge in [-0.2, -0.15) is 0 Å². The first-order valence-corrected chi connectivity index (χ1v) is 8.33. The first-order chi connectivity index (χ1) is 10.7. The Morgan fingerprint density at radius 3 is 2.55 bits per heavy atom. The number of likely N-dealkylation sites (tertiary alicyclic amines) is 1. The average Bonchev–Trinajstić information content (AvgIpc) is 2.56. The van der Waals surface area contributed by atoms with Crippen molar-refractivity contribution in [3.8, 4) is 0 Å². The van der Waals surface area contributed by atoms with Gasteiger partial charge in [0.1, 0.15) is 0 Å². The van der Waals surface area contributed by atoms with Crippen LogP contribution in [-0.4, -0.2) is 63.8 Å². The molecule has 1 aliphatic heterocycles. The van der Waals surface area contributed by atoms with Gasteiger partial charge in [-0.05, 0) is 39.0 Å². The van der Waals surface area contributed by atoms with E-state index in [1.54, 1.807) is 7.11 Å². The topological polar surface area (TPSA) is 63.2 Å². The number of hydrogen-bond donors (Lipinski definition) is 1. The summed E-state index contributed by atoms with van der Waals surface area (Å²) in [4.78, 5) is 18.5. The molecule has 6 heteroatoms. The molecule has 1 rings (SSSR count). The zero-order valence-electron chi connectivity index (χ0n) is 14.3. The molecule has 0 aromatic rings. The molecule has 1 aliphatic rings. The highest BCUT2D eigenvalue weighted by Gasteiger charge is 2.26. The van der Waals surface area contributed by atoms with E-state index in [4.69, 9.17) is 14.5 Å². The first kappa shape index (κ1) is 18.7. The summed E-state index contributed by atoms with van der Waals surface area (Å²) in [6.45, 7) is 6.31. The Kier molecular flexibility index (Phi) is 9.62. The predicted molar refractivity (Wildman–Crippen MR) is 88.0 cm³/mol. The summed E-state index contributed by atoms with van der Waals surface area (Å²) in [6.07, 6.45) is 4.99. The minimum atomic E-state index is -0.0836. The van der Waals surface area contributed by atoms with Crippen LogP contribution in [0.5, 0.6) is 0 Å². The van der Waals surface area contributed by atoms with Crippen LogP contribution in [0.15, 0.2) is 4.99 Å². The lowest BCUT2D eigenvalue weighted by Crippen LogP contribution is -2.46. The van der Waals surface area contributed by atoms with Crippen molar-refractivity contribution in [2.75, 3.05) is 47.0 Å². The summed E-state index contributed by atoms with van der Waals surface area (Å²) >= 11 is 0. The lowest BCUT2D eigenvalue weighted by Gasteiger charge is -2.33. The van der Waals surface area contributed by atoms with E-state index in [9.17, 15) is 4.79 Å². The number of rotatable bonds is 8. The van der Waals surface area contributed by atoms with Crippen molar-refractivity contribution in [1.29, 1.82) is 0 Å². The number of unbranched alkanes of at least 4 members (excludes halogenated alkanes) is 2. The monoisotopic (exact) mass is 313 g/mol. The number of carbonyl (C=O) groups is 1. The van der Waals surface area contributed by atoms with Gasteiger partial charge >= 0.3 is 5.97 Å². The molecule has 1 saturated heterocycles. The van der Waals surface area contributed by atoms with E-state index in [-0.39, 0.29) is 11.9 Å². The van der Waals surface area contributed by atoms with Crippen LogP contribution in [0.2, 0.25) is 0 Å². The van der Waals surface area contributed by atoms with Crippen LogP contribution in [0.4, 0.5) is 0 Å². The van der Waals surface area contributed by atoms with Gasteiger partial charge < -0.3 is 19.7 Å². The van der Waals surface area contributed by atoms with E-state index < -0.39 is 0 Å². The molecule has 0 amide bonds. The Labute approximate surface area is 134 Å². The Hall–Kier alpha value is -1.30. The maximum absolute atomic E-state index is 11.6. The van der Waals surface area contributed by atoms with Gasteiger partial charge in [-0.25, -0.2) is 0 Å². The van der Waals surface area contributed by atoms with E-state index in [1.165, 1.54) is 7.11 Å². The number of nitrogens with zero attached hydrogens (tertiary/aromatic N) is 2. The van der Waals surface area contributed by atoms with Crippen LogP contribution < -0.4 is 5.32 Å². The molecule has 1 N–H and O–H groups in total. The minimum absolute atomic E-state index is 0.0400. The number of esters is 1. The summed E-state index contributed by atoms with van der Waals surface area (Å²) in [5.74, 6) is 0.926. The van der Waals surface area contributed by atoms with E-state index >= 15 is 0 Å². The molecule has 22 heavy (non-hydrogen) atoms.